The van der Waals surface area contributed by atoms with Gasteiger partial charge in [-0.25, -0.2) is 4.79 Å². The lowest BCUT2D eigenvalue weighted by molar-refractivity contribution is 0.0475. The van der Waals surface area contributed by atoms with Crippen LogP contribution in [0.15, 0.2) is 88.1 Å². The molecule has 4 aromatic rings. The van der Waals surface area contributed by atoms with E-state index in [9.17, 15) is 14.4 Å². The van der Waals surface area contributed by atoms with E-state index in [1.807, 2.05) is 30.3 Å². The van der Waals surface area contributed by atoms with E-state index >= 15 is 0 Å². The summed E-state index contributed by atoms with van der Waals surface area (Å²) >= 11 is 0. The standard InChI is InChI=1S/C25H18O5/c1-16-22(27)19-13-8-14-20(24(19)30-23(16)18-11-6-3-7-12-18)25(28)29-15-21(26)17-9-4-2-5-10-17/h2-14H,15H2,1H3. The van der Waals surface area contributed by atoms with Crippen LogP contribution in [0.3, 0.4) is 0 Å². The van der Waals surface area contributed by atoms with Gasteiger partial charge < -0.3 is 9.15 Å². The first-order valence-electron chi connectivity index (χ1n) is 9.43. The fraction of sp³-hybridized carbons (Fsp3) is 0.0800. The molecule has 0 saturated carbocycles. The zero-order chi connectivity index (χ0) is 21.1. The second kappa shape index (κ2) is 8.17. The number of esters is 1. The van der Waals surface area contributed by atoms with Gasteiger partial charge in [-0.1, -0.05) is 66.7 Å². The molecular formula is C25H18O5. The van der Waals surface area contributed by atoms with Crippen molar-refractivity contribution in [3.05, 3.63) is 106 Å². The lowest BCUT2D eigenvalue weighted by Gasteiger charge is -2.10. The predicted octanol–water partition coefficient (Wildman–Crippen LogP) is 4.81. The van der Waals surface area contributed by atoms with E-state index in [0.717, 1.165) is 5.56 Å². The molecule has 0 amide bonds. The van der Waals surface area contributed by atoms with Gasteiger partial charge in [-0.05, 0) is 19.1 Å². The summed E-state index contributed by atoms with van der Waals surface area (Å²) in [5.41, 5.74) is 1.67. The van der Waals surface area contributed by atoms with Crippen LogP contribution in [0.1, 0.15) is 26.3 Å². The van der Waals surface area contributed by atoms with E-state index in [1.165, 1.54) is 6.07 Å². The van der Waals surface area contributed by atoms with Crippen molar-refractivity contribution < 1.29 is 18.7 Å². The van der Waals surface area contributed by atoms with Gasteiger partial charge in [-0.3, -0.25) is 9.59 Å². The minimum Gasteiger partial charge on any atom is -0.455 e. The molecule has 0 radical (unpaired) electrons. The van der Waals surface area contributed by atoms with Crippen molar-refractivity contribution in [3.63, 3.8) is 0 Å². The van der Waals surface area contributed by atoms with Crippen molar-refractivity contribution in [1.29, 1.82) is 0 Å². The maximum Gasteiger partial charge on any atom is 0.342 e. The highest BCUT2D eigenvalue weighted by molar-refractivity contribution is 6.04. The Kier molecular flexibility index (Phi) is 5.26. The highest BCUT2D eigenvalue weighted by Gasteiger charge is 2.20. The molecule has 0 unspecified atom stereocenters. The second-order valence-corrected chi connectivity index (χ2v) is 6.80. The molecule has 0 spiro atoms. The molecule has 1 aromatic heterocycles. The molecular weight excluding hydrogens is 380 g/mol. The number of ketones is 1. The lowest BCUT2D eigenvalue weighted by Crippen LogP contribution is -2.15. The zero-order valence-electron chi connectivity index (χ0n) is 16.3. The number of para-hydroxylation sites is 1. The van der Waals surface area contributed by atoms with Crippen molar-refractivity contribution in [1.82, 2.24) is 0 Å². The van der Waals surface area contributed by atoms with Crippen LogP contribution < -0.4 is 5.43 Å². The van der Waals surface area contributed by atoms with Gasteiger partial charge in [0.2, 0.25) is 0 Å². The van der Waals surface area contributed by atoms with Gasteiger partial charge >= 0.3 is 5.97 Å². The minimum absolute atomic E-state index is 0.0997. The van der Waals surface area contributed by atoms with Gasteiger partial charge in [-0.15, -0.1) is 0 Å². The molecule has 0 bridgehead atoms. The number of hydrogen-bond donors (Lipinski definition) is 0. The first-order valence-corrected chi connectivity index (χ1v) is 9.43. The molecule has 3 aromatic carbocycles. The fourth-order valence-electron chi connectivity index (χ4n) is 3.25. The Bertz CT molecular complexity index is 1290. The van der Waals surface area contributed by atoms with Gasteiger partial charge in [-0.2, -0.15) is 0 Å². The van der Waals surface area contributed by atoms with Crippen LogP contribution in [-0.4, -0.2) is 18.4 Å². The highest BCUT2D eigenvalue weighted by atomic mass is 16.5. The normalized spacial score (nSPS) is 10.7. The summed E-state index contributed by atoms with van der Waals surface area (Å²) in [6.07, 6.45) is 0. The third-order valence-electron chi connectivity index (χ3n) is 4.83. The van der Waals surface area contributed by atoms with Crippen LogP contribution in [-0.2, 0) is 4.74 Å². The Morgan fingerprint density at radius 3 is 2.23 bits per heavy atom. The number of carbonyl (C=O) groups is 2. The van der Waals surface area contributed by atoms with Crippen molar-refractivity contribution in [3.8, 4) is 11.3 Å². The Balaban J connectivity index is 1.70. The summed E-state index contributed by atoms with van der Waals surface area (Å²) in [6.45, 7) is 1.29. The quantitative estimate of drug-likeness (QED) is 0.356. The van der Waals surface area contributed by atoms with Crippen LogP contribution in [0.4, 0.5) is 0 Å². The molecule has 30 heavy (non-hydrogen) atoms. The van der Waals surface area contributed by atoms with Crippen LogP contribution >= 0.6 is 0 Å². The minimum atomic E-state index is -0.726. The smallest absolute Gasteiger partial charge is 0.342 e. The molecule has 5 nitrogen and oxygen atoms in total. The first-order chi connectivity index (χ1) is 14.6. The number of carbonyl (C=O) groups excluding carboxylic acids is 2. The molecule has 0 aliphatic rings. The van der Waals surface area contributed by atoms with Gasteiger partial charge in [0, 0.05) is 16.7 Å². The molecule has 0 fully saturated rings. The largest absolute Gasteiger partial charge is 0.455 e. The summed E-state index contributed by atoms with van der Waals surface area (Å²) in [5, 5.41) is 0.288. The molecule has 0 aliphatic carbocycles. The Morgan fingerprint density at radius 2 is 1.53 bits per heavy atom. The number of rotatable bonds is 5. The topological polar surface area (TPSA) is 73.6 Å². The Hall–Kier alpha value is -3.99. The van der Waals surface area contributed by atoms with E-state index in [-0.39, 0.29) is 27.7 Å². The summed E-state index contributed by atoms with van der Waals surface area (Å²) in [4.78, 5) is 37.8. The van der Waals surface area contributed by atoms with Gasteiger partial charge in [0.15, 0.2) is 23.4 Å². The van der Waals surface area contributed by atoms with Crippen molar-refractivity contribution in [2.45, 2.75) is 6.92 Å². The van der Waals surface area contributed by atoms with E-state index in [1.54, 1.807) is 49.4 Å². The van der Waals surface area contributed by atoms with E-state index in [4.69, 9.17) is 9.15 Å². The second-order valence-electron chi connectivity index (χ2n) is 6.80. The van der Waals surface area contributed by atoms with Crippen LogP contribution in [0.2, 0.25) is 0 Å². The summed E-state index contributed by atoms with van der Waals surface area (Å²) in [7, 11) is 0. The van der Waals surface area contributed by atoms with Crippen LogP contribution in [0, 0.1) is 6.92 Å². The maximum absolute atomic E-state index is 12.9. The third kappa shape index (κ3) is 3.65. The number of Topliss-reactive ketones (excluding diaryl/α,β-unsaturated/α-hetero) is 1. The van der Waals surface area contributed by atoms with Crippen molar-refractivity contribution in [2.75, 3.05) is 6.61 Å². The summed E-state index contributed by atoms with van der Waals surface area (Å²) < 4.78 is 11.2. The lowest BCUT2D eigenvalue weighted by atomic mass is 10.0. The van der Waals surface area contributed by atoms with E-state index in [2.05, 4.69) is 0 Å². The number of hydrogen-bond acceptors (Lipinski definition) is 5. The summed E-state index contributed by atoms with van der Waals surface area (Å²) in [5.74, 6) is -0.643. The molecule has 0 saturated heterocycles. The number of ether oxygens (including phenoxy) is 1. The zero-order valence-corrected chi connectivity index (χ0v) is 16.3. The maximum atomic E-state index is 12.9. The molecule has 1 heterocycles. The Morgan fingerprint density at radius 1 is 0.867 bits per heavy atom. The number of benzene rings is 3. The van der Waals surface area contributed by atoms with Crippen LogP contribution in [0.5, 0.6) is 0 Å². The molecule has 4 rings (SSSR count). The third-order valence-corrected chi connectivity index (χ3v) is 4.83. The van der Waals surface area contributed by atoms with Gasteiger partial charge in [0.1, 0.15) is 11.3 Å². The summed E-state index contributed by atoms with van der Waals surface area (Å²) in [6, 6.07) is 22.5. The van der Waals surface area contributed by atoms with Crippen molar-refractivity contribution >= 4 is 22.7 Å². The van der Waals surface area contributed by atoms with Gasteiger partial charge in [0.25, 0.3) is 0 Å². The fourth-order valence-corrected chi connectivity index (χ4v) is 3.25. The van der Waals surface area contributed by atoms with Crippen LogP contribution in [0.25, 0.3) is 22.3 Å². The molecule has 0 N–H and O–H groups in total. The average Bonchev–Trinajstić information content (AvgIpc) is 2.80. The average molecular weight is 398 g/mol. The first kappa shape index (κ1) is 19.3. The predicted molar refractivity (Wildman–Crippen MR) is 114 cm³/mol. The Labute approximate surface area is 172 Å². The highest BCUT2D eigenvalue weighted by Crippen LogP contribution is 2.27. The SMILES string of the molecule is Cc1c(-c2ccccc2)oc2c(C(=O)OCC(=O)c3ccccc3)cccc2c1=O. The monoisotopic (exact) mass is 398 g/mol. The van der Waals surface area contributed by atoms with Crippen molar-refractivity contribution in [2.24, 2.45) is 0 Å². The molecule has 0 atom stereocenters. The van der Waals surface area contributed by atoms with E-state index in [0.29, 0.717) is 16.9 Å². The number of fused-ring (bicyclic) bond motifs is 1. The van der Waals surface area contributed by atoms with E-state index < -0.39 is 12.6 Å². The van der Waals surface area contributed by atoms with Gasteiger partial charge in [0.05, 0.1) is 5.39 Å². The molecule has 5 heteroatoms. The molecule has 0 aliphatic heterocycles. The molecule has 148 valence electrons.